The van der Waals surface area contributed by atoms with Crippen molar-refractivity contribution < 1.29 is 23.8 Å². The summed E-state index contributed by atoms with van der Waals surface area (Å²) in [4.78, 5) is 26.5. The standard InChI is InChI=1S/C26H34N2O5/c1-31-25(29)13-4-2-3-9-22(26(30)27-14-15-28-16-18-32-19-17-28)20-33-24-12-7-10-21-8-5-6-11-23(21)24/h5-12H,2-4,13-20H2,1H3,(H,27,30)/b22-9+. The van der Waals surface area contributed by atoms with Crippen molar-refractivity contribution in [3.8, 4) is 5.75 Å². The number of unbranched alkanes of at least 4 members (excludes halogenated alkanes) is 2. The molecule has 0 spiro atoms. The fourth-order valence-electron chi connectivity index (χ4n) is 3.75. The highest BCUT2D eigenvalue weighted by molar-refractivity contribution is 5.94. The Morgan fingerprint density at radius 3 is 2.70 bits per heavy atom. The van der Waals surface area contributed by atoms with Crippen LogP contribution < -0.4 is 10.1 Å². The lowest BCUT2D eigenvalue weighted by atomic mass is 10.1. The Bertz CT molecular complexity index is 932. The third kappa shape index (κ3) is 8.18. The molecule has 0 bridgehead atoms. The molecule has 1 heterocycles. The topological polar surface area (TPSA) is 77.1 Å². The molecule has 0 radical (unpaired) electrons. The number of fused-ring (bicyclic) bond motifs is 1. The van der Waals surface area contributed by atoms with E-state index in [2.05, 4.69) is 15.0 Å². The number of esters is 1. The highest BCUT2D eigenvalue weighted by Gasteiger charge is 2.14. The molecule has 0 aliphatic carbocycles. The summed E-state index contributed by atoms with van der Waals surface area (Å²) in [5.41, 5.74) is 0.600. The minimum absolute atomic E-state index is 0.114. The molecular weight excluding hydrogens is 420 g/mol. The number of nitrogens with one attached hydrogen (secondary N) is 1. The fraction of sp³-hybridized carbons (Fsp3) is 0.462. The molecule has 1 N–H and O–H groups in total. The molecule has 0 aromatic heterocycles. The molecular formula is C26H34N2O5. The van der Waals surface area contributed by atoms with Gasteiger partial charge in [-0.2, -0.15) is 0 Å². The monoisotopic (exact) mass is 454 g/mol. The molecule has 178 valence electrons. The second-order valence-corrected chi connectivity index (χ2v) is 8.03. The van der Waals surface area contributed by atoms with Gasteiger partial charge in [0.05, 0.1) is 25.9 Å². The molecule has 0 atom stereocenters. The molecule has 7 nitrogen and oxygen atoms in total. The Morgan fingerprint density at radius 1 is 1.09 bits per heavy atom. The largest absolute Gasteiger partial charge is 0.488 e. The van der Waals surface area contributed by atoms with E-state index in [1.807, 2.05) is 48.5 Å². The fourth-order valence-corrected chi connectivity index (χ4v) is 3.75. The second kappa shape index (κ2) is 13.6. The third-order valence-corrected chi connectivity index (χ3v) is 5.70. The van der Waals surface area contributed by atoms with Crippen LogP contribution in [0.5, 0.6) is 5.75 Å². The van der Waals surface area contributed by atoms with Crippen molar-refractivity contribution in [1.82, 2.24) is 10.2 Å². The average Bonchev–Trinajstić information content (AvgIpc) is 2.86. The maximum Gasteiger partial charge on any atom is 0.305 e. The van der Waals surface area contributed by atoms with Gasteiger partial charge in [-0.25, -0.2) is 0 Å². The van der Waals surface area contributed by atoms with E-state index in [4.69, 9.17) is 9.47 Å². The zero-order chi connectivity index (χ0) is 23.3. The van der Waals surface area contributed by atoms with Gasteiger partial charge in [-0.1, -0.05) is 42.5 Å². The first-order valence-corrected chi connectivity index (χ1v) is 11.6. The molecule has 1 fully saturated rings. The lowest BCUT2D eigenvalue weighted by molar-refractivity contribution is -0.140. The molecule has 0 saturated carbocycles. The number of amides is 1. The molecule has 0 unspecified atom stereocenters. The van der Waals surface area contributed by atoms with E-state index in [-0.39, 0.29) is 18.5 Å². The van der Waals surface area contributed by atoms with Gasteiger partial charge in [-0.3, -0.25) is 14.5 Å². The van der Waals surface area contributed by atoms with Crippen LogP contribution in [0.15, 0.2) is 54.1 Å². The second-order valence-electron chi connectivity index (χ2n) is 8.03. The quantitative estimate of drug-likeness (QED) is 0.301. The number of carbonyl (C=O) groups is 2. The summed E-state index contributed by atoms with van der Waals surface area (Å²) in [5, 5.41) is 5.14. The molecule has 1 amide bonds. The predicted molar refractivity (Wildman–Crippen MR) is 128 cm³/mol. The van der Waals surface area contributed by atoms with Crippen LogP contribution in [0.25, 0.3) is 10.8 Å². The highest BCUT2D eigenvalue weighted by Crippen LogP contribution is 2.25. The number of morpholine rings is 1. The summed E-state index contributed by atoms with van der Waals surface area (Å²) in [6.45, 7) is 4.83. The van der Waals surface area contributed by atoms with Crippen LogP contribution in [0.2, 0.25) is 0 Å². The zero-order valence-electron chi connectivity index (χ0n) is 19.4. The van der Waals surface area contributed by atoms with Gasteiger partial charge in [0, 0.05) is 38.0 Å². The van der Waals surface area contributed by atoms with Gasteiger partial charge >= 0.3 is 5.97 Å². The van der Waals surface area contributed by atoms with Crippen LogP contribution in [0.1, 0.15) is 25.7 Å². The number of hydrogen-bond acceptors (Lipinski definition) is 6. The summed E-state index contributed by atoms with van der Waals surface area (Å²) in [6, 6.07) is 13.9. The Hall–Kier alpha value is -2.90. The van der Waals surface area contributed by atoms with Gasteiger partial charge in [-0.15, -0.1) is 0 Å². The van der Waals surface area contributed by atoms with Gasteiger partial charge < -0.3 is 19.5 Å². The van der Waals surface area contributed by atoms with E-state index in [0.29, 0.717) is 25.0 Å². The third-order valence-electron chi connectivity index (χ3n) is 5.70. The molecule has 2 aromatic carbocycles. The normalized spacial score (nSPS) is 14.8. The molecule has 33 heavy (non-hydrogen) atoms. The lowest BCUT2D eigenvalue weighted by Gasteiger charge is -2.26. The van der Waals surface area contributed by atoms with Crippen LogP contribution in [-0.4, -0.2) is 69.9 Å². The molecule has 1 aliphatic heterocycles. The Morgan fingerprint density at radius 2 is 1.88 bits per heavy atom. The van der Waals surface area contributed by atoms with Crippen LogP contribution >= 0.6 is 0 Å². The van der Waals surface area contributed by atoms with Crippen LogP contribution in [0.3, 0.4) is 0 Å². The first kappa shape index (κ1) is 24.7. The maximum absolute atomic E-state index is 12.9. The zero-order valence-corrected chi connectivity index (χ0v) is 19.4. The van der Waals surface area contributed by atoms with Crippen LogP contribution in [0, 0.1) is 0 Å². The van der Waals surface area contributed by atoms with Crippen molar-refractivity contribution in [2.75, 3.05) is 53.1 Å². The summed E-state index contributed by atoms with van der Waals surface area (Å²) >= 11 is 0. The van der Waals surface area contributed by atoms with Crippen LogP contribution in [0.4, 0.5) is 0 Å². The highest BCUT2D eigenvalue weighted by atomic mass is 16.5. The number of carbonyl (C=O) groups excluding carboxylic acids is 2. The van der Waals surface area contributed by atoms with E-state index in [1.54, 1.807) is 0 Å². The van der Waals surface area contributed by atoms with Gasteiger partial charge in [-0.05, 0) is 30.7 Å². The van der Waals surface area contributed by atoms with Crippen molar-refractivity contribution in [3.63, 3.8) is 0 Å². The number of allylic oxidation sites excluding steroid dienone is 1. The van der Waals surface area contributed by atoms with Crippen molar-refractivity contribution in [2.45, 2.75) is 25.7 Å². The van der Waals surface area contributed by atoms with Gasteiger partial charge in [0.25, 0.3) is 0 Å². The van der Waals surface area contributed by atoms with E-state index in [0.717, 1.165) is 62.2 Å². The summed E-state index contributed by atoms with van der Waals surface area (Å²) in [7, 11) is 1.40. The number of benzene rings is 2. The molecule has 2 aromatic rings. The maximum atomic E-state index is 12.9. The van der Waals surface area contributed by atoms with Crippen LogP contribution in [-0.2, 0) is 19.1 Å². The number of ether oxygens (including phenoxy) is 3. The van der Waals surface area contributed by atoms with Crippen molar-refractivity contribution >= 4 is 22.6 Å². The molecule has 1 aliphatic rings. The minimum atomic E-state index is -0.209. The molecule has 3 rings (SSSR count). The Labute approximate surface area is 195 Å². The molecule has 7 heteroatoms. The van der Waals surface area contributed by atoms with Crippen molar-refractivity contribution in [2.24, 2.45) is 0 Å². The summed E-state index contributed by atoms with van der Waals surface area (Å²) in [6.07, 6.45) is 4.53. The van der Waals surface area contributed by atoms with Gasteiger partial charge in [0.2, 0.25) is 5.91 Å². The number of methoxy groups -OCH3 is 1. The minimum Gasteiger partial charge on any atom is -0.488 e. The van der Waals surface area contributed by atoms with E-state index >= 15 is 0 Å². The predicted octanol–water partition coefficient (Wildman–Crippen LogP) is 3.33. The smallest absolute Gasteiger partial charge is 0.305 e. The average molecular weight is 455 g/mol. The summed E-state index contributed by atoms with van der Waals surface area (Å²) < 4.78 is 16.1. The summed E-state index contributed by atoms with van der Waals surface area (Å²) in [5.74, 6) is 0.432. The number of nitrogens with zero attached hydrogens (tertiary/aromatic N) is 1. The number of rotatable bonds is 12. The van der Waals surface area contributed by atoms with Gasteiger partial charge in [0.1, 0.15) is 12.4 Å². The SMILES string of the molecule is COC(=O)CCCC/C=C(\COc1cccc2ccccc12)C(=O)NCCN1CCOCC1. The van der Waals surface area contributed by atoms with E-state index < -0.39 is 0 Å². The lowest BCUT2D eigenvalue weighted by Crippen LogP contribution is -2.41. The van der Waals surface area contributed by atoms with E-state index in [1.165, 1.54) is 7.11 Å². The first-order chi connectivity index (χ1) is 16.2. The number of hydrogen-bond donors (Lipinski definition) is 1. The Kier molecular flexibility index (Phi) is 10.2. The van der Waals surface area contributed by atoms with Gasteiger partial charge in [0.15, 0.2) is 0 Å². The Balaban J connectivity index is 1.57. The van der Waals surface area contributed by atoms with E-state index in [9.17, 15) is 9.59 Å². The molecule has 1 saturated heterocycles. The first-order valence-electron chi connectivity index (χ1n) is 11.6. The van der Waals surface area contributed by atoms with Crippen molar-refractivity contribution in [3.05, 3.63) is 54.1 Å². The van der Waals surface area contributed by atoms with Crippen molar-refractivity contribution in [1.29, 1.82) is 0 Å².